The van der Waals surface area contributed by atoms with Crippen molar-refractivity contribution < 1.29 is 8.42 Å². The second-order valence-corrected chi connectivity index (χ2v) is 6.10. The number of aromatic nitrogens is 1. The second-order valence-electron chi connectivity index (χ2n) is 4.23. The van der Waals surface area contributed by atoms with Crippen LogP contribution in [0.25, 0.3) is 0 Å². The van der Waals surface area contributed by atoms with E-state index in [1.54, 1.807) is 6.20 Å². The molecule has 1 aromatic heterocycles. The predicted octanol–water partition coefficient (Wildman–Crippen LogP) is 0.600. The Labute approximate surface area is 102 Å². The maximum atomic E-state index is 11.5. The number of hydrogen-bond acceptors (Lipinski definition) is 4. The van der Waals surface area contributed by atoms with E-state index in [2.05, 4.69) is 14.6 Å². The molecule has 1 aliphatic rings. The molecule has 6 heteroatoms. The van der Waals surface area contributed by atoms with Crippen molar-refractivity contribution in [2.45, 2.75) is 19.4 Å². The Hall–Kier alpha value is -1.14. The average Bonchev–Trinajstić information content (AvgIpc) is 2.24. The van der Waals surface area contributed by atoms with Gasteiger partial charge in [-0.3, -0.25) is 0 Å². The molecular weight excluding hydrogens is 238 g/mol. The summed E-state index contributed by atoms with van der Waals surface area (Å²) < 4.78 is 25.8. The zero-order chi connectivity index (χ0) is 12.3. The number of rotatable bonds is 5. The van der Waals surface area contributed by atoms with Gasteiger partial charge in [-0.1, -0.05) is 13.0 Å². The molecule has 0 radical (unpaired) electrons. The number of nitrogens with zero attached hydrogens (tertiary/aromatic N) is 2. The Kier molecular flexibility index (Phi) is 3.63. The first-order valence-corrected chi connectivity index (χ1v) is 7.42. The zero-order valence-electron chi connectivity index (χ0n) is 9.83. The van der Waals surface area contributed by atoms with Crippen molar-refractivity contribution in [1.29, 1.82) is 0 Å². The van der Waals surface area contributed by atoms with E-state index in [0.29, 0.717) is 19.5 Å². The molecule has 0 atom stereocenters. The van der Waals surface area contributed by atoms with Crippen LogP contribution in [-0.2, 0) is 10.0 Å². The van der Waals surface area contributed by atoms with Crippen LogP contribution in [0.2, 0.25) is 0 Å². The van der Waals surface area contributed by atoms with E-state index in [0.717, 1.165) is 5.82 Å². The fourth-order valence-electron chi connectivity index (χ4n) is 1.86. The van der Waals surface area contributed by atoms with E-state index in [1.165, 1.54) is 0 Å². The van der Waals surface area contributed by atoms with E-state index in [-0.39, 0.29) is 11.8 Å². The summed E-state index contributed by atoms with van der Waals surface area (Å²) in [5, 5.41) is 0. The molecule has 5 nitrogen and oxygen atoms in total. The minimum Gasteiger partial charge on any atom is -0.353 e. The quantitative estimate of drug-likeness (QED) is 0.837. The van der Waals surface area contributed by atoms with Crippen LogP contribution in [0.4, 0.5) is 5.82 Å². The van der Waals surface area contributed by atoms with Crippen LogP contribution in [0.5, 0.6) is 0 Å². The lowest BCUT2D eigenvalue weighted by Crippen LogP contribution is -2.59. The van der Waals surface area contributed by atoms with Crippen LogP contribution in [0.1, 0.15) is 13.3 Å². The molecule has 1 N–H and O–H groups in total. The van der Waals surface area contributed by atoms with Crippen molar-refractivity contribution in [3.05, 3.63) is 24.4 Å². The topological polar surface area (TPSA) is 62.3 Å². The summed E-state index contributed by atoms with van der Waals surface area (Å²) in [5.74, 6) is 1.10. The van der Waals surface area contributed by atoms with Gasteiger partial charge in [0.05, 0.1) is 11.8 Å². The third-order valence-corrected chi connectivity index (χ3v) is 4.31. The minimum atomic E-state index is -3.09. The SMILES string of the molecule is CCCS(=O)(=O)NC1CN(c2ccccn2)C1. The van der Waals surface area contributed by atoms with Crippen molar-refractivity contribution in [2.24, 2.45) is 0 Å². The normalized spacial score (nSPS) is 16.9. The zero-order valence-corrected chi connectivity index (χ0v) is 10.7. The standard InChI is InChI=1S/C11H17N3O2S/c1-2-7-17(15,16)13-10-8-14(9-10)11-5-3-4-6-12-11/h3-6,10,13H,2,7-9H2,1H3. The first kappa shape index (κ1) is 12.3. The molecule has 0 bridgehead atoms. The van der Waals surface area contributed by atoms with Gasteiger partial charge in [-0.25, -0.2) is 18.1 Å². The van der Waals surface area contributed by atoms with Gasteiger partial charge in [0, 0.05) is 19.3 Å². The molecule has 0 saturated carbocycles. The van der Waals surface area contributed by atoms with Gasteiger partial charge in [-0.05, 0) is 18.6 Å². The molecule has 1 aromatic rings. The van der Waals surface area contributed by atoms with Gasteiger partial charge in [0.2, 0.25) is 10.0 Å². The molecule has 0 spiro atoms. The largest absolute Gasteiger partial charge is 0.353 e. The Balaban J connectivity index is 1.84. The van der Waals surface area contributed by atoms with E-state index in [4.69, 9.17) is 0 Å². The van der Waals surface area contributed by atoms with Crippen LogP contribution in [0, 0.1) is 0 Å². The molecule has 1 aliphatic heterocycles. The number of hydrogen-bond donors (Lipinski definition) is 1. The predicted molar refractivity (Wildman–Crippen MR) is 67.5 cm³/mol. The lowest BCUT2D eigenvalue weighted by Gasteiger charge is -2.40. The molecule has 1 saturated heterocycles. The molecule has 0 amide bonds. The van der Waals surface area contributed by atoms with Gasteiger partial charge >= 0.3 is 0 Å². The average molecular weight is 255 g/mol. The summed E-state index contributed by atoms with van der Waals surface area (Å²) in [6, 6.07) is 5.74. The van der Waals surface area contributed by atoms with Crippen LogP contribution in [0.15, 0.2) is 24.4 Å². The molecular formula is C11H17N3O2S. The van der Waals surface area contributed by atoms with Gasteiger partial charge in [0.25, 0.3) is 0 Å². The number of pyridine rings is 1. The third-order valence-electron chi connectivity index (χ3n) is 2.67. The number of nitrogens with one attached hydrogen (secondary N) is 1. The highest BCUT2D eigenvalue weighted by Crippen LogP contribution is 2.17. The summed E-state index contributed by atoms with van der Waals surface area (Å²) in [7, 11) is -3.09. The van der Waals surface area contributed by atoms with Crippen LogP contribution in [-0.4, -0.2) is 38.3 Å². The van der Waals surface area contributed by atoms with E-state index >= 15 is 0 Å². The minimum absolute atomic E-state index is 0.0218. The molecule has 94 valence electrons. The summed E-state index contributed by atoms with van der Waals surface area (Å²) in [5.41, 5.74) is 0. The molecule has 2 heterocycles. The smallest absolute Gasteiger partial charge is 0.211 e. The Bertz CT molecular complexity index is 455. The summed E-state index contributed by atoms with van der Waals surface area (Å²) in [6.45, 7) is 3.25. The van der Waals surface area contributed by atoms with Crippen molar-refractivity contribution in [3.63, 3.8) is 0 Å². The van der Waals surface area contributed by atoms with Crippen molar-refractivity contribution >= 4 is 15.8 Å². The van der Waals surface area contributed by atoms with E-state index < -0.39 is 10.0 Å². The van der Waals surface area contributed by atoms with Gasteiger partial charge in [0.1, 0.15) is 5.82 Å². The third kappa shape index (κ3) is 3.17. The van der Waals surface area contributed by atoms with Crippen molar-refractivity contribution in [2.75, 3.05) is 23.7 Å². The molecule has 0 aliphatic carbocycles. The van der Waals surface area contributed by atoms with E-state index in [9.17, 15) is 8.42 Å². The number of anilines is 1. The maximum Gasteiger partial charge on any atom is 0.211 e. The van der Waals surface area contributed by atoms with Crippen molar-refractivity contribution in [3.8, 4) is 0 Å². The fraction of sp³-hybridized carbons (Fsp3) is 0.545. The van der Waals surface area contributed by atoms with E-state index in [1.807, 2.05) is 25.1 Å². The molecule has 2 rings (SSSR count). The second kappa shape index (κ2) is 5.01. The van der Waals surface area contributed by atoms with Gasteiger partial charge in [0.15, 0.2) is 0 Å². The van der Waals surface area contributed by atoms with Gasteiger partial charge < -0.3 is 4.90 Å². The summed E-state index contributed by atoms with van der Waals surface area (Å²) >= 11 is 0. The summed E-state index contributed by atoms with van der Waals surface area (Å²) in [4.78, 5) is 6.27. The number of sulfonamides is 1. The van der Waals surface area contributed by atoms with Gasteiger partial charge in [-0.2, -0.15) is 0 Å². The van der Waals surface area contributed by atoms with Crippen LogP contribution in [0.3, 0.4) is 0 Å². The lowest BCUT2D eigenvalue weighted by molar-refractivity contribution is 0.466. The van der Waals surface area contributed by atoms with Crippen molar-refractivity contribution in [1.82, 2.24) is 9.71 Å². The molecule has 0 unspecified atom stereocenters. The maximum absolute atomic E-state index is 11.5. The van der Waals surface area contributed by atoms with Gasteiger partial charge in [-0.15, -0.1) is 0 Å². The van der Waals surface area contributed by atoms with Crippen LogP contribution >= 0.6 is 0 Å². The highest BCUT2D eigenvalue weighted by Gasteiger charge is 2.30. The highest BCUT2D eigenvalue weighted by molar-refractivity contribution is 7.89. The highest BCUT2D eigenvalue weighted by atomic mass is 32.2. The monoisotopic (exact) mass is 255 g/mol. The Morgan fingerprint density at radius 2 is 2.24 bits per heavy atom. The Morgan fingerprint density at radius 3 is 2.82 bits per heavy atom. The molecule has 17 heavy (non-hydrogen) atoms. The molecule has 1 fully saturated rings. The lowest BCUT2D eigenvalue weighted by atomic mass is 10.1. The Morgan fingerprint density at radius 1 is 1.47 bits per heavy atom. The first-order chi connectivity index (χ1) is 8.11. The summed E-state index contributed by atoms with van der Waals surface area (Å²) in [6.07, 6.45) is 2.38. The fourth-order valence-corrected chi connectivity index (χ4v) is 3.17. The molecule has 0 aromatic carbocycles. The van der Waals surface area contributed by atoms with Crippen LogP contribution < -0.4 is 9.62 Å². The first-order valence-electron chi connectivity index (χ1n) is 5.76.